The van der Waals surface area contributed by atoms with Crippen molar-refractivity contribution in [2.75, 3.05) is 14.2 Å². The molecule has 0 aliphatic rings. The highest BCUT2D eigenvalue weighted by atomic mass is 16.6. The summed E-state index contributed by atoms with van der Waals surface area (Å²) in [5.41, 5.74) is -1.58. The Morgan fingerprint density at radius 3 is 1.60 bits per heavy atom. The van der Waals surface area contributed by atoms with Gasteiger partial charge in [0.1, 0.15) is 0 Å². The first-order chi connectivity index (χ1) is 6.75. The summed E-state index contributed by atoms with van der Waals surface area (Å²) in [5, 5.41) is 11.6. The predicted molar refractivity (Wildman–Crippen MR) is 52.4 cm³/mol. The molecule has 0 fully saturated rings. The highest BCUT2D eigenvalue weighted by Gasteiger charge is 2.36. The third-order valence-corrected chi connectivity index (χ3v) is 1.57. The number of rotatable bonds is 2. The maximum absolute atomic E-state index is 11.6. The molecule has 0 rings (SSSR count). The average Bonchev–Trinajstić information content (AvgIpc) is 2.15. The van der Waals surface area contributed by atoms with Crippen LogP contribution in [0, 0.1) is 5.21 Å². The largest absolute Gasteiger partial charge is 0.623 e. The van der Waals surface area contributed by atoms with Gasteiger partial charge in [-0.15, -0.1) is 0 Å². The van der Waals surface area contributed by atoms with Crippen LogP contribution in [-0.4, -0.2) is 42.1 Å². The van der Waals surface area contributed by atoms with Crippen LogP contribution in [0.3, 0.4) is 0 Å². The summed E-state index contributed by atoms with van der Waals surface area (Å²) < 4.78 is 8.95. The van der Waals surface area contributed by atoms with Crippen LogP contribution in [-0.2, 0) is 19.1 Å². The summed E-state index contributed by atoms with van der Waals surface area (Å²) in [6.45, 7) is 4.68. The molecule has 86 valence electrons. The molecule has 0 aliphatic carbocycles. The van der Waals surface area contributed by atoms with Crippen molar-refractivity contribution < 1.29 is 23.8 Å². The van der Waals surface area contributed by atoms with Gasteiger partial charge in [0.05, 0.1) is 14.2 Å². The van der Waals surface area contributed by atoms with Gasteiger partial charge in [-0.1, -0.05) is 0 Å². The molecule has 0 saturated carbocycles. The zero-order valence-electron chi connectivity index (χ0n) is 9.49. The third-order valence-electron chi connectivity index (χ3n) is 1.57. The van der Waals surface area contributed by atoms with Crippen LogP contribution in [0.25, 0.3) is 0 Å². The van der Waals surface area contributed by atoms with Crippen molar-refractivity contribution in [2.24, 2.45) is 0 Å². The molecule has 0 aromatic carbocycles. The van der Waals surface area contributed by atoms with Crippen molar-refractivity contribution >= 4 is 17.7 Å². The Labute approximate surface area is 88.1 Å². The van der Waals surface area contributed by atoms with E-state index in [1.807, 2.05) is 0 Å². The van der Waals surface area contributed by atoms with Gasteiger partial charge in [-0.3, -0.25) is 0 Å². The van der Waals surface area contributed by atoms with E-state index >= 15 is 0 Å². The second-order valence-electron chi connectivity index (χ2n) is 3.80. The molecular weight excluding hydrogens is 202 g/mol. The number of hydrogen-bond acceptors (Lipinski definition) is 5. The van der Waals surface area contributed by atoms with E-state index in [2.05, 4.69) is 9.47 Å². The van der Waals surface area contributed by atoms with E-state index in [0.29, 0.717) is 0 Å². The molecule has 0 bridgehead atoms. The van der Waals surface area contributed by atoms with Gasteiger partial charge in [-0.2, -0.15) is 4.74 Å². The van der Waals surface area contributed by atoms with E-state index in [-0.39, 0.29) is 4.74 Å². The summed E-state index contributed by atoms with van der Waals surface area (Å²) in [6, 6.07) is 0. The van der Waals surface area contributed by atoms with Crippen molar-refractivity contribution in [1.29, 1.82) is 0 Å². The Hall–Kier alpha value is -1.59. The predicted octanol–water partition coefficient (Wildman–Crippen LogP) is 0.0822. The van der Waals surface area contributed by atoms with Crippen molar-refractivity contribution in [3.05, 3.63) is 5.21 Å². The fourth-order valence-electron chi connectivity index (χ4n) is 0.778. The number of nitrogens with zero attached hydrogens (tertiary/aromatic N) is 1. The summed E-state index contributed by atoms with van der Waals surface area (Å²) in [6.07, 6.45) is 0. The van der Waals surface area contributed by atoms with Crippen LogP contribution < -0.4 is 0 Å². The number of ether oxygens (including phenoxy) is 2. The molecule has 0 aromatic rings. The van der Waals surface area contributed by atoms with Crippen molar-refractivity contribution in [2.45, 2.75) is 26.3 Å². The Bertz CT molecular complexity index is 282. The number of methoxy groups -OCH3 is 2. The smallest absolute Gasteiger partial charge is 0.412 e. The minimum absolute atomic E-state index is 0.282. The lowest BCUT2D eigenvalue weighted by atomic mass is 10.1. The molecule has 0 spiro atoms. The molecule has 0 aromatic heterocycles. The van der Waals surface area contributed by atoms with Gasteiger partial charge in [-0.05, 0) is 0 Å². The van der Waals surface area contributed by atoms with Crippen LogP contribution in [0.15, 0.2) is 0 Å². The van der Waals surface area contributed by atoms with Crippen molar-refractivity contribution in [1.82, 2.24) is 0 Å². The van der Waals surface area contributed by atoms with Crippen LogP contribution in [0.1, 0.15) is 20.8 Å². The molecular formula is C9H15NO5. The Balaban J connectivity index is 5.46. The van der Waals surface area contributed by atoms with Crippen LogP contribution in [0.2, 0.25) is 0 Å². The SMILES string of the molecule is COC(=O)C(C(=O)OC)=[N+]([O-])C(C)(C)C. The van der Waals surface area contributed by atoms with Gasteiger partial charge in [0.15, 0.2) is 5.54 Å². The molecule has 0 saturated heterocycles. The van der Waals surface area contributed by atoms with Gasteiger partial charge < -0.3 is 14.7 Å². The van der Waals surface area contributed by atoms with Crippen molar-refractivity contribution in [3.8, 4) is 0 Å². The quantitative estimate of drug-likeness (QED) is 0.163. The Morgan fingerprint density at radius 2 is 1.40 bits per heavy atom. The molecule has 0 N–H and O–H groups in total. The zero-order valence-corrected chi connectivity index (χ0v) is 9.49. The lowest BCUT2D eigenvalue weighted by Crippen LogP contribution is -2.42. The molecule has 0 aliphatic heterocycles. The van der Waals surface area contributed by atoms with Crippen LogP contribution in [0.5, 0.6) is 0 Å². The minimum atomic E-state index is -1.01. The molecule has 0 heterocycles. The monoisotopic (exact) mass is 217 g/mol. The molecule has 6 nitrogen and oxygen atoms in total. The van der Waals surface area contributed by atoms with E-state index < -0.39 is 23.2 Å². The Kier molecular flexibility index (Phi) is 4.26. The van der Waals surface area contributed by atoms with Gasteiger partial charge in [-0.25, -0.2) is 9.59 Å². The van der Waals surface area contributed by atoms with Crippen LogP contribution >= 0.6 is 0 Å². The van der Waals surface area contributed by atoms with Gasteiger partial charge in [0, 0.05) is 20.8 Å². The number of esters is 2. The lowest BCUT2D eigenvalue weighted by molar-refractivity contribution is -0.534. The standard InChI is InChI=1S/C9H15NO5/c1-9(2,3)10(13)6(7(11)14-4)8(12)15-5/h1-5H3. The highest BCUT2D eigenvalue weighted by Crippen LogP contribution is 2.07. The fraction of sp³-hybridized carbons (Fsp3) is 0.667. The molecule has 6 heteroatoms. The van der Waals surface area contributed by atoms with Gasteiger partial charge in [0.25, 0.3) is 0 Å². The lowest BCUT2D eigenvalue weighted by Gasteiger charge is -2.20. The maximum Gasteiger partial charge on any atom is 0.412 e. The minimum Gasteiger partial charge on any atom is -0.623 e. The maximum atomic E-state index is 11.6. The number of carbonyl (C=O) groups is 2. The number of carbonyl (C=O) groups excluding carboxylic acids is 2. The van der Waals surface area contributed by atoms with E-state index in [1.165, 1.54) is 0 Å². The van der Waals surface area contributed by atoms with E-state index in [4.69, 9.17) is 0 Å². The molecule has 0 unspecified atom stereocenters. The molecule has 15 heavy (non-hydrogen) atoms. The average molecular weight is 217 g/mol. The topological polar surface area (TPSA) is 78.7 Å². The van der Waals surface area contributed by atoms with Crippen molar-refractivity contribution in [3.63, 3.8) is 0 Å². The first-order valence-corrected chi connectivity index (χ1v) is 4.26. The van der Waals surface area contributed by atoms with E-state index in [0.717, 1.165) is 14.2 Å². The normalized spacial score (nSPS) is 10.5. The molecule has 0 amide bonds. The molecule has 0 radical (unpaired) electrons. The molecule has 0 atom stereocenters. The second-order valence-corrected chi connectivity index (χ2v) is 3.80. The van der Waals surface area contributed by atoms with E-state index in [1.54, 1.807) is 20.8 Å². The number of hydrogen-bond donors (Lipinski definition) is 0. The Morgan fingerprint density at radius 1 is 1.07 bits per heavy atom. The van der Waals surface area contributed by atoms with Gasteiger partial charge in [0.2, 0.25) is 0 Å². The summed E-state index contributed by atoms with van der Waals surface area (Å²) >= 11 is 0. The summed E-state index contributed by atoms with van der Waals surface area (Å²) in [7, 11) is 2.17. The fourth-order valence-corrected chi connectivity index (χ4v) is 0.778. The first kappa shape index (κ1) is 13.4. The van der Waals surface area contributed by atoms with E-state index in [9.17, 15) is 14.8 Å². The number of hydroxylamine groups is 1. The summed E-state index contributed by atoms with van der Waals surface area (Å²) in [4.78, 5) is 22.4. The van der Waals surface area contributed by atoms with Crippen LogP contribution in [0.4, 0.5) is 0 Å². The summed E-state index contributed by atoms with van der Waals surface area (Å²) in [5.74, 6) is -2.02. The first-order valence-electron chi connectivity index (χ1n) is 4.26. The second kappa shape index (κ2) is 4.77. The zero-order chi connectivity index (χ0) is 12.2. The third kappa shape index (κ3) is 3.23. The van der Waals surface area contributed by atoms with Gasteiger partial charge >= 0.3 is 17.7 Å². The highest BCUT2D eigenvalue weighted by molar-refractivity contribution is 6.60.